The topological polar surface area (TPSA) is 20.3 Å². The summed E-state index contributed by atoms with van der Waals surface area (Å²) >= 11 is 0. The van der Waals surface area contributed by atoms with Crippen LogP contribution in [0.15, 0.2) is 18.2 Å². The fourth-order valence-corrected chi connectivity index (χ4v) is 1.91. The van der Waals surface area contributed by atoms with Gasteiger partial charge in [0, 0.05) is 13.5 Å². The Hall–Kier alpha value is -1.45. The van der Waals surface area contributed by atoms with Crippen molar-refractivity contribution in [1.82, 2.24) is 4.90 Å². The molecule has 1 fully saturated rings. The summed E-state index contributed by atoms with van der Waals surface area (Å²) in [5.41, 5.74) is 0.655. The minimum atomic E-state index is -0.861. The van der Waals surface area contributed by atoms with Crippen molar-refractivity contribution < 1.29 is 13.6 Å². The molecule has 2 rings (SSSR count). The van der Waals surface area contributed by atoms with E-state index in [0.717, 1.165) is 12.1 Å². The van der Waals surface area contributed by atoms with Gasteiger partial charge in [0.05, 0.1) is 6.04 Å². The summed E-state index contributed by atoms with van der Waals surface area (Å²) in [6, 6.07) is 3.67. The maximum Gasteiger partial charge on any atom is 0.222 e. The molecule has 1 unspecified atom stereocenters. The molecule has 1 heterocycles. The lowest BCUT2D eigenvalue weighted by molar-refractivity contribution is -0.127. The lowest BCUT2D eigenvalue weighted by Crippen LogP contribution is -2.22. The van der Waals surface area contributed by atoms with Crippen molar-refractivity contribution in [2.24, 2.45) is 0 Å². The highest BCUT2D eigenvalue weighted by atomic mass is 19.2. The zero-order valence-corrected chi connectivity index (χ0v) is 8.34. The molecule has 1 aliphatic rings. The zero-order valence-electron chi connectivity index (χ0n) is 8.34. The van der Waals surface area contributed by atoms with E-state index < -0.39 is 11.6 Å². The number of benzene rings is 1. The quantitative estimate of drug-likeness (QED) is 0.697. The van der Waals surface area contributed by atoms with Crippen LogP contribution in [0.5, 0.6) is 0 Å². The van der Waals surface area contributed by atoms with Gasteiger partial charge in [-0.15, -0.1) is 0 Å². The zero-order chi connectivity index (χ0) is 11.0. The third kappa shape index (κ3) is 1.71. The first kappa shape index (κ1) is 10.1. The Morgan fingerprint density at radius 2 is 2.07 bits per heavy atom. The van der Waals surface area contributed by atoms with Crippen LogP contribution in [-0.4, -0.2) is 17.9 Å². The maximum absolute atomic E-state index is 13.0. The van der Waals surface area contributed by atoms with E-state index in [-0.39, 0.29) is 11.9 Å². The Bertz CT molecular complexity index is 406. The van der Waals surface area contributed by atoms with Gasteiger partial charge < -0.3 is 4.90 Å². The van der Waals surface area contributed by atoms with Crippen LogP contribution in [0, 0.1) is 11.6 Å². The summed E-state index contributed by atoms with van der Waals surface area (Å²) < 4.78 is 25.7. The average Bonchev–Trinajstić information content (AvgIpc) is 2.53. The van der Waals surface area contributed by atoms with Gasteiger partial charge in [-0.2, -0.15) is 0 Å². The Kier molecular flexibility index (Phi) is 2.42. The summed E-state index contributed by atoms with van der Waals surface area (Å²) in [6.45, 7) is 0. The molecule has 4 heteroatoms. The summed E-state index contributed by atoms with van der Waals surface area (Å²) in [6.07, 6.45) is 1.14. The Morgan fingerprint density at radius 3 is 2.60 bits per heavy atom. The van der Waals surface area contributed by atoms with Crippen molar-refractivity contribution in [1.29, 1.82) is 0 Å². The fraction of sp³-hybridized carbons (Fsp3) is 0.364. The standard InChI is InChI=1S/C11H11F2NO/c1-14-10(4-5-11(14)15)7-2-3-8(12)9(13)6-7/h2-3,6,10H,4-5H2,1H3. The van der Waals surface area contributed by atoms with Crippen LogP contribution in [-0.2, 0) is 4.79 Å². The van der Waals surface area contributed by atoms with Crippen molar-refractivity contribution in [2.75, 3.05) is 7.05 Å². The van der Waals surface area contributed by atoms with Gasteiger partial charge in [0.2, 0.25) is 5.91 Å². The summed E-state index contributed by atoms with van der Waals surface area (Å²) in [5.74, 6) is -1.67. The first-order chi connectivity index (χ1) is 7.09. The van der Waals surface area contributed by atoms with Crippen LogP contribution < -0.4 is 0 Å². The second-order valence-corrected chi connectivity index (χ2v) is 3.73. The van der Waals surface area contributed by atoms with E-state index in [1.165, 1.54) is 6.07 Å². The fourth-order valence-electron chi connectivity index (χ4n) is 1.91. The molecular formula is C11H11F2NO. The molecule has 1 amide bonds. The number of hydrogen-bond donors (Lipinski definition) is 0. The molecule has 0 spiro atoms. The molecule has 0 aliphatic carbocycles. The molecule has 1 aromatic carbocycles. The molecule has 0 saturated carbocycles. The highest BCUT2D eigenvalue weighted by molar-refractivity contribution is 5.78. The van der Waals surface area contributed by atoms with Gasteiger partial charge in [-0.05, 0) is 24.1 Å². The largest absolute Gasteiger partial charge is 0.339 e. The van der Waals surface area contributed by atoms with Crippen LogP contribution in [0.25, 0.3) is 0 Å². The maximum atomic E-state index is 13.0. The third-order valence-electron chi connectivity index (χ3n) is 2.82. The van der Waals surface area contributed by atoms with Crippen molar-refractivity contribution in [3.8, 4) is 0 Å². The Morgan fingerprint density at radius 1 is 1.33 bits per heavy atom. The van der Waals surface area contributed by atoms with Crippen LogP contribution in [0.3, 0.4) is 0 Å². The monoisotopic (exact) mass is 211 g/mol. The van der Waals surface area contributed by atoms with Gasteiger partial charge in [-0.3, -0.25) is 4.79 Å². The molecule has 1 saturated heterocycles. The summed E-state index contributed by atoms with van der Waals surface area (Å²) in [7, 11) is 1.68. The number of halogens is 2. The lowest BCUT2D eigenvalue weighted by Gasteiger charge is -2.20. The minimum Gasteiger partial charge on any atom is -0.339 e. The number of rotatable bonds is 1. The summed E-state index contributed by atoms with van der Waals surface area (Å²) in [4.78, 5) is 12.8. The van der Waals surface area contributed by atoms with E-state index in [1.807, 2.05) is 0 Å². The van der Waals surface area contributed by atoms with Crippen LogP contribution in [0.4, 0.5) is 8.78 Å². The van der Waals surface area contributed by atoms with Gasteiger partial charge >= 0.3 is 0 Å². The number of likely N-dealkylation sites (tertiary alicyclic amines) is 1. The molecular weight excluding hydrogens is 200 g/mol. The number of carbonyl (C=O) groups is 1. The first-order valence-corrected chi connectivity index (χ1v) is 4.80. The smallest absolute Gasteiger partial charge is 0.222 e. The van der Waals surface area contributed by atoms with E-state index in [4.69, 9.17) is 0 Å². The number of hydrogen-bond acceptors (Lipinski definition) is 1. The number of nitrogens with zero attached hydrogens (tertiary/aromatic N) is 1. The predicted octanol–water partition coefficient (Wildman–Crippen LogP) is 2.26. The molecule has 0 bridgehead atoms. The van der Waals surface area contributed by atoms with E-state index in [1.54, 1.807) is 11.9 Å². The highest BCUT2D eigenvalue weighted by Gasteiger charge is 2.29. The normalized spacial score (nSPS) is 21.1. The third-order valence-corrected chi connectivity index (χ3v) is 2.82. The van der Waals surface area contributed by atoms with Crippen molar-refractivity contribution >= 4 is 5.91 Å². The van der Waals surface area contributed by atoms with E-state index in [2.05, 4.69) is 0 Å². The van der Waals surface area contributed by atoms with E-state index >= 15 is 0 Å². The molecule has 0 radical (unpaired) electrons. The second-order valence-electron chi connectivity index (χ2n) is 3.73. The predicted molar refractivity (Wildman–Crippen MR) is 51.1 cm³/mol. The average molecular weight is 211 g/mol. The second kappa shape index (κ2) is 3.61. The van der Waals surface area contributed by atoms with E-state index in [0.29, 0.717) is 18.4 Å². The molecule has 15 heavy (non-hydrogen) atoms. The van der Waals surface area contributed by atoms with Crippen molar-refractivity contribution in [2.45, 2.75) is 18.9 Å². The van der Waals surface area contributed by atoms with Gasteiger partial charge in [-0.1, -0.05) is 6.07 Å². The SMILES string of the molecule is CN1C(=O)CCC1c1ccc(F)c(F)c1. The van der Waals surface area contributed by atoms with Gasteiger partial charge in [0.25, 0.3) is 0 Å². The molecule has 0 aromatic heterocycles. The molecule has 1 aromatic rings. The van der Waals surface area contributed by atoms with Gasteiger partial charge in [0.1, 0.15) is 0 Å². The molecule has 80 valence electrons. The number of carbonyl (C=O) groups excluding carboxylic acids is 1. The van der Waals surface area contributed by atoms with Gasteiger partial charge in [-0.25, -0.2) is 8.78 Å². The highest BCUT2D eigenvalue weighted by Crippen LogP contribution is 2.31. The van der Waals surface area contributed by atoms with Crippen molar-refractivity contribution in [3.05, 3.63) is 35.4 Å². The van der Waals surface area contributed by atoms with Crippen molar-refractivity contribution in [3.63, 3.8) is 0 Å². The number of amides is 1. The molecule has 1 atom stereocenters. The van der Waals surface area contributed by atoms with Crippen LogP contribution in [0.2, 0.25) is 0 Å². The molecule has 2 nitrogen and oxygen atoms in total. The van der Waals surface area contributed by atoms with Gasteiger partial charge in [0.15, 0.2) is 11.6 Å². The summed E-state index contributed by atoms with van der Waals surface area (Å²) in [5, 5.41) is 0. The Labute approximate surface area is 86.5 Å². The molecule has 0 N–H and O–H groups in total. The van der Waals surface area contributed by atoms with Crippen LogP contribution >= 0.6 is 0 Å². The lowest BCUT2D eigenvalue weighted by atomic mass is 10.0. The molecule has 1 aliphatic heterocycles. The minimum absolute atomic E-state index is 0.0460. The Balaban J connectivity index is 2.30. The van der Waals surface area contributed by atoms with E-state index in [9.17, 15) is 13.6 Å². The first-order valence-electron chi connectivity index (χ1n) is 4.80. The van der Waals surface area contributed by atoms with Crippen LogP contribution in [0.1, 0.15) is 24.4 Å².